The molecule has 21 heavy (non-hydrogen) atoms. The Labute approximate surface area is 123 Å². The van der Waals surface area contributed by atoms with Gasteiger partial charge in [0.05, 0.1) is 0 Å². The van der Waals surface area contributed by atoms with Crippen molar-refractivity contribution in [1.82, 2.24) is 14.8 Å². The largest absolute Gasteiger partial charge is 0.350 e. The van der Waals surface area contributed by atoms with Crippen LogP contribution in [0.3, 0.4) is 0 Å². The number of nitrogens with one attached hydrogen (secondary N) is 1. The normalized spacial score (nSPS) is 28.6. The van der Waals surface area contributed by atoms with Crippen molar-refractivity contribution in [3.05, 3.63) is 35.5 Å². The van der Waals surface area contributed by atoms with E-state index < -0.39 is 0 Å². The van der Waals surface area contributed by atoms with Crippen LogP contribution in [-0.2, 0) is 6.54 Å². The minimum absolute atomic E-state index is 0.232. The zero-order valence-electron chi connectivity index (χ0n) is 12.0. The van der Waals surface area contributed by atoms with Crippen molar-refractivity contribution >= 4 is 16.8 Å². The van der Waals surface area contributed by atoms with E-state index in [0.717, 1.165) is 37.3 Å². The topological polar surface area (TPSA) is 39.3 Å². The summed E-state index contributed by atoms with van der Waals surface area (Å²) in [7, 11) is 0. The van der Waals surface area contributed by atoms with Crippen LogP contribution in [0.1, 0.15) is 35.3 Å². The molecule has 2 fully saturated rings. The molecule has 3 aliphatic rings. The summed E-state index contributed by atoms with van der Waals surface area (Å²) in [6.07, 6.45) is 3.49. The molecule has 5 rings (SSSR count). The summed E-state index contributed by atoms with van der Waals surface area (Å²) < 4.78 is 0. The van der Waals surface area contributed by atoms with Gasteiger partial charge in [0.25, 0.3) is 5.91 Å². The second kappa shape index (κ2) is 4.10. The number of para-hydroxylation sites is 1. The molecule has 1 aliphatic carbocycles. The molecule has 3 heterocycles. The number of carbonyl (C=O) groups excluding carboxylic acids is 1. The van der Waals surface area contributed by atoms with Crippen LogP contribution in [-0.4, -0.2) is 45.9 Å². The first kappa shape index (κ1) is 11.8. The van der Waals surface area contributed by atoms with Crippen molar-refractivity contribution in [2.75, 3.05) is 13.1 Å². The van der Waals surface area contributed by atoms with Crippen LogP contribution in [0.5, 0.6) is 0 Å². The van der Waals surface area contributed by atoms with Crippen molar-refractivity contribution in [3.8, 4) is 0 Å². The van der Waals surface area contributed by atoms with Crippen molar-refractivity contribution < 1.29 is 4.79 Å². The van der Waals surface area contributed by atoms with Gasteiger partial charge in [0.1, 0.15) is 5.69 Å². The highest BCUT2D eigenvalue weighted by Gasteiger charge is 2.43. The lowest BCUT2D eigenvalue weighted by molar-refractivity contribution is 0.0647. The van der Waals surface area contributed by atoms with Crippen LogP contribution in [0.2, 0.25) is 0 Å². The van der Waals surface area contributed by atoms with Gasteiger partial charge in [-0.15, -0.1) is 0 Å². The smallest absolute Gasteiger partial charge is 0.271 e. The maximum atomic E-state index is 13.1. The van der Waals surface area contributed by atoms with Crippen molar-refractivity contribution in [2.24, 2.45) is 0 Å². The molecule has 1 aromatic heterocycles. The lowest BCUT2D eigenvalue weighted by Crippen LogP contribution is -2.45. The Morgan fingerprint density at radius 1 is 1.10 bits per heavy atom. The van der Waals surface area contributed by atoms with Crippen molar-refractivity contribution in [2.45, 2.75) is 37.9 Å². The molecule has 2 unspecified atom stereocenters. The van der Waals surface area contributed by atoms with Gasteiger partial charge in [0.15, 0.2) is 0 Å². The van der Waals surface area contributed by atoms with E-state index in [9.17, 15) is 4.79 Å². The van der Waals surface area contributed by atoms with Crippen LogP contribution in [0.15, 0.2) is 24.3 Å². The predicted molar refractivity (Wildman–Crippen MR) is 81.2 cm³/mol. The molecule has 4 heteroatoms. The minimum Gasteiger partial charge on any atom is -0.350 e. The molecule has 1 amide bonds. The molecule has 0 spiro atoms. The van der Waals surface area contributed by atoms with Crippen LogP contribution in [0.25, 0.3) is 10.9 Å². The molecular formula is C17H19N3O. The SMILES string of the molecule is O=C1c2[nH]c3ccccc3c2CN2CCC(C2)N1C1CC1. The van der Waals surface area contributed by atoms with E-state index in [1.54, 1.807) is 0 Å². The first-order chi connectivity index (χ1) is 10.3. The number of benzene rings is 1. The summed E-state index contributed by atoms with van der Waals surface area (Å²) in [4.78, 5) is 21.2. The summed E-state index contributed by atoms with van der Waals surface area (Å²) in [5, 5.41) is 1.21. The summed E-state index contributed by atoms with van der Waals surface area (Å²) in [5.74, 6) is 0.232. The maximum absolute atomic E-state index is 13.1. The lowest BCUT2D eigenvalue weighted by Gasteiger charge is -2.31. The number of hydrogen-bond donors (Lipinski definition) is 1. The van der Waals surface area contributed by atoms with E-state index in [1.807, 2.05) is 6.07 Å². The number of amides is 1. The molecule has 108 valence electrons. The lowest BCUT2D eigenvalue weighted by atomic mass is 10.1. The molecule has 1 N–H and O–H groups in total. The quantitative estimate of drug-likeness (QED) is 0.871. The third kappa shape index (κ3) is 1.69. The number of hydrogen-bond acceptors (Lipinski definition) is 2. The Hall–Kier alpha value is -1.81. The summed E-state index contributed by atoms with van der Waals surface area (Å²) in [5.41, 5.74) is 3.12. The van der Waals surface area contributed by atoms with Gasteiger partial charge < -0.3 is 9.88 Å². The van der Waals surface area contributed by atoms with E-state index in [1.165, 1.54) is 23.8 Å². The number of aromatic amines is 1. The van der Waals surface area contributed by atoms with E-state index >= 15 is 0 Å². The standard InChI is InChI=1S/C17H19N3O/c21-17-16-14(13-3-1-2-4-15(13)18-16)10-19-8-7-12(9-19)20(17)11-5-6-11/h1-4,11-12,18H,5-10H2. The average molecular weight is 281 g/mol. The fourth-order valence-electron chi connectivity index (χ4n) is 4.06. The second-order valence-corrected chi connectivity index (χ2v) is 6.65. The Morgan fingerprint density at radius 3 is 2.81 bits per heavy atom. The van der Waals surface area contributed by atoms with E-state index in [4.69, 9.17) is 0 Å². The molecule has 0 radical (unpaired) electrons. The fourth-order valence-corrected chi connectivity index (χ4v) is 4.06. The van der Waals surface area contributed by atoms with Gasteiger partial charge in [0, 0.05) is 48.2 Å². The maximum Gasteiger partial charge on any atom is 0.271 e. The Morgan fingerprint density at radius 2 is 1.95 bits per heavy atom. The molecular weight excluding hydrogens is 262 g/mol. The second-order valence-electron chi connectivity index (χ2n) is 6.65. The Kier molecular flexibility index (Phi) is 2.31. The molecule has 2 bridgehead atoms. The van der Waals surface area contributed by atoms with Gasteiger partial charge in [0.2, 0.25) is 0 Å². The van der Waals surface area contributed by atoms with Crippen LogP contribution in [0.4, 0.5) is 0 Å². The molecule has 2 aromatic rings. The molecule has 2 atom stereocenters. The molecule has 4 nitrogen and oxygen atoms in total. The van der Waals surface area contributed by atoms with Gasteiger partial charge in [-0.25, -0.2) is 0 Å². The van der Waals surface area contributed by atoms with Crippen LogP contribution < -0.4 is 0 Å². The fraction of sp³-hybridized carbons (Fsp3) is 0.471. The number of carbonyl (C=O) groups is 1. The Bertz CT molecular complexity index is 731. The predicted octanol–water partition coefficient (Wildman–Crippen LogP) is 2.36. The summed E-state index contributed by atoms with van der Waals surface area (Å²) >= 11 is 0. The van der Waals surface area contributed by atoms with Crippen molar-refractivity contribution in [1.29, 1.82) is 0 Å². The Balaban J connectivity index is 1.71. The average Bonchev–Trinajstić information content (AvgIpc) is 3.09. The third-order valence-electron chi connectivity index (χ3n) is 5.22. The minimum atomic E-state index is 0.232. The third-order valence-corrected chi connectivity index (χ3v) is 5.22. The number of H-pyrrole nitrogens is 1. The monoisotopic (exact) mass is 281 g/mol. The summed E-state index contributed by atoms with van der Waals surface area (Å²) in [6, 6.07) is 9.20. The highest BCUT2D eigenvalue weighted by molar-refractivity contribution is 6.01. The molecule has 2 aliphatic heterocycles. The van der Waals surface area contributed by atoms with Gasteiger partial charge in [-0.1, -0.05) is 18.2 Å². The van der Waals surface area contributed by atoms with Crippen molar-refractivity contribution in [3.63, 3.8) is 0 Å². The number of fused-ring (bicyclic) bond motifs is 5. The van der Waals surface area contributed by atoms with Crippen LogP contribution >= 0.6 is 0 Å². The molecule has 1 saturated carbocycles. The van der Waals surface area contributed by atoms with Gasteiger partial charge in [-0.05, 0) is 25.3 Å². The number of nitrogens with zero attached hydrogens (tertiary/aromatic N) is 2. The number of rotatable bonds is 1. The zero-order valence-corrected chi connectivity index (χ0v) is 12.0. The highest BCUT2D eigenvalue weighted by Crippen LogP contribution is 2.37. The highest BCUT2D eigenvalue weighted by atomic mass is 16.2. The number of aromatic nitrogens is 1. The van der Waals surface area contributed by atoms with Crippen LogP contribution in [0, 0.1) is 0 Å². The first-order valence-electron chi connectivity index (χ1n) is 7.96. The van der Waals surface area contributed by atoms with Gasteiger partial charge in [-0.2, -0.15) is 0 Å². The molecule has 1 aromatic carbocycles. The first-order valence-corrected chi connectivity index (χ1v) is 7.96. The van der Waals surface area contributed by atoms with Gasteiger partial charge in [-0.3, -0.25) is 9.69 Å². The van der Waals surface area contributed by atoms with E-state index in [0.29, 0.717) is 12.1 Å². The summed E-state index contributed by atoms with van der Waals surface area (Å²) in [6.45, 7) is 3.06. The van der Waals surface area contributed by atoms with Gasteiger partial charge >= 0.3 is 0 Å². The zero-order chi connectivity index (χ0) is 14.0. The molecule has 1 saturated heterocycles. The van der Waals surface area contributed by atoms with E-state index in [2.05, 4.69) is 33.0 Å². The van der Waals surface area contributed by atoms with E-state index in [-0.39, 0.29) is 5.91 Å².